The molecule has 0 unspecified atom stereocenters. The highest BCUT2D eigenvalue weighted by Crippen LogP contribution is 2.17. The molecule has 21 heavy (non-hydrogen) atoms. The Kier molecular flexibility index (Phi) is 4.48. The van der Waals surface area contributed by atoms with Crippen LogP contribution in [0.25, 0.3) is 0 Å². The van der Waals surface area contributed by atoms with Gasteiger partial charge in [0.05, 0.1) is 8.07 Å². The molecule has 0 fully saturated rings. The van der Waals surface area contributed by atoms with Crippen LogP contribution in [-0.2, 0) is 0 Å². The summed E-state index contributed by atoms with van der Waals surface area (Å²) in [5.41, 5.74) is 2.80. The Labute approximate surface area is 129 Å². The summed E-state index contributed by atoms with van der Waals surface area (Å²) in [7, 11) is -1.30. The van der Waals surface area contributed by atoms with E-state index in [9.17, 15) is 4.79 Å². The highest BCUT2D eigenvalue weighted by Gasteiger charge is 2.17. The Morgan fingerprint density at radius 3 is 1.62 bits per heavy atom. The van der Waals surface area contributed by atoms with Crippen LogP contribution < -0.4 is 5.19 Å². The fourth-order valence-electron chi connectivity index (χ4n) is 2.31. The van der Waals surface area contributed by atoms with Crippen molar-refractivity contribution in [3.05, 3.63) is 65.2 Å². The lowest BCUT2D eigenvalue weighted by atomic mass is 9.98. The van der Waals surface area contributed by atoms with Crippen LogP contribution in [0.4, 0.5) is 0 Å². The van der Waals surface area contributed by atoms with E-state index < -0.39 is 8.07 Å². The van der Waals surface area contributed by atoms with E-state index in [4.69, 9.17) is 0 Å². The molecular formula is C19H24OSi. The molecule has 2 aromatic rings. The second-order valence-electron chi connectivity index (χ2n) is 6.93. The molecule has 2 aromatic carbocycles. The molecule has 0 N–H and O–H groups in total. The van der Waals surface area contributed by atoms with Gasteiger partial charge in [-0.3, -0.25) is 4.79 Å². The van der Waals surface area contributed by atoms with Crippen molar-refractivity contribution in [3.8, 4) is 0 Å². The van der Waals surface area contributed by atoms with Crippen molar-refractivity contribution in [2.75, 3.05) is 0 Å². The van der Waals surface area contributed by atoms with Gasteiger partial charge >= 0.3 is 0 Å². The number of ketones is 1. The number of carbonyl (C=O) groups excluding carboxylic acids is 1. The minimum absolute atomic E-state index is 0.104. The molecule has 110 valence electrons. The summed E-state index contributed by atoms with van der Waals surface area (Å²) in [5, 5.41) is 1.38. The Morgan fingerprint density at radius 1 is 0.810 bits per heavy atom. The smallest absolute Gasteiger partial charge is 0.193 e. The number of carbonyl (C=O) groups is 1. The summed E-state index contributed by atoms with van der Waals surface area (Å²) in [6.45, 7) is 11.3. The predicted octanol–water partition coefficient (Wildman–Crippen LogP) is 4.59. The highest BCUT2D eigenvalue weighted by molar-refractivity contribution is 6.88. The zero-order valence-electron chi connectivity index (χ0n) is 13.6. The molecule has 2 rings (SSSR count). The first-order chi connectivity index (χ1) is 9.79. The summed E-state index contributed by atoms with van der Waals surface area (Å²) in [5.74, 6) is 0.595. The maximum absolute atomic E-state index is 12.5. The van der Waals surface area contributed by atoms with Crippen LogP contribution in [0.5, 0.6) is 0 Å². The van der Waals surface area contributed by atoms with E-state index in [1.807, 2.05) is 36.4 Å². The van der Waals surface area contributed by atoms with Gasteiger partial charge in [0.25, 0.3) is 0 Å². The lowest BCUT2D eigenvalue weighted by Gasteiger charge is -2.16. The predicted molar refractivity (Wildman–Crippen MR) is 93.4 cm³/mol. The third kappa shape index (κ3) is 3.70. The standard InChI is InChI=1S/C19H24OSi/c1-14(2)15-6-8-16(9-7-15)19(20)17-10-12-18(13-11-17)21(3,4)5/h6-14H,1-5H3. The number of hydrogen-bond donors (Lipinski definition) is 0. The van der Waals surface area contributed by atoms with E-state index in [1.165, 1.54) is 10.8 Å². The summed E-state index contributed by atoms with van der Waals surface area (Å²) < 4.78 is 0. The van der Waals surface area contributed by atoms with E-state index in [0.29, 0.717) is 5.92 Å². The first-order valence-corrected chi connectivity index (χ1v) is 11.0. The van der Waals surface area contributed by atoms with E-state index >= 15 is 0 Å². The third-order valence-corrected chi connectivity index (χ3v) is 5.92. The molecule has 1 nitrogen and oxygen atoms in total. The zero-order valence-corrected chi connectivity index (χ0v) is 14.6. The van der Waals surface area contributed by atoms with Crippen LogP contribution >= 0.6 is 0 Å². The van der Waals surface area contributed by atoms with E-state index in [1.54, 1.807) is 0 Å². The Balaban J connectivity index is 2.23. The fourth-order valence-corrected chi connectivity index (χ4v) is 3.47. The Morgan fingerprint density at radius 2 is 1.24 bits per heavy atom. The van der Waals surface area contributed by atoms with Crippen molar-refractivity contribution in [1.29, 1.82) is 0 Å². The van der Waals surface area contributed by atoms with Crippen molar-refractivity contribution < 1.29 is 4.79 Å². The van der Waals surface area contributed by atoms with Crippen molar-refractivity contribution in [2.24, 2.45) is 0 Å². The summed E-state index contributed by atoms with van der Waals surface area (Å²) in [6.07, 6.45) is 0. The zero-order chi connectivity index (χ0) is 15.6. The number of rotatable bonds is 4. The second kappa shape index (κ2) is 5.98. The maximum atomic E-state index is 12.5. The van der Waals surface area contributed by atoms with Gasteiger partial charge in [-0.05, 0) is 11.5 Å². The molecule has 0 saturated carbocycles. The maximum Gasteiger partial charge on any atom is 0.193 e. The minimum atomic E-state index is -1.30. The highest BCUT2D eigenvalue weighted by atomic mass is 28.3. The van der Waals surface area contributed by atoms with Gasteiger partial charge in [0.1, 0.15) is 0 Å². The molecule has 0 aliphatic heterocycles. The van der Waals surface area contributed by atoms with Gasteiger partial charge in [0.15, 0.2) is 5.78 Å². The average molecular weight is 296 g/mol. The molecule has 0 saturated heterocycles. The lowest BCUT2D eigenvalue weighted by molar-refractivity contribution is 0.103. The second-order valence-corrected chi connectivity index (χ2v) is 12.0. The van der Waals surface area contributed by atoms with Crippen molar-refractivity contribution in [2.45, 2.75) is 39.4 Å². The van der Waals surface area contributed by atoms with Crippen LogP contribution in [0.3, 0.4) is 0 Å². The summed E-state index contributed by atoms with van der Waals surface area (Å²) in [4.78, 5) is 12.5. The molecule has 0 aliphatic carbocycles. The Hall–Kier alpha value is -1.67. The fraction of sp³-hybridized carbons (Fsp3) is 0.316. The normalized spacial score (nSPS) is 11.7. The van der Waals surface area contributed by atoms with Crippen LogP contribution in [0.2, 0.25) is 19.6 Å². The molecular weight excluding hydrogens is 272 g/mol. The molecule has 0 aliphatic rings. The molecule has 0 radical (unpaired) electrons. The largest absolute Gasteiger partial charge is 0.289 e. The monoisotopic (exact) mass is 296 g/mol. The molecule has 0 aromatic heterocycles. The quantitative estimate of drug-likeness (QED) is 0.596. The lowest BCUT2D eigenvalue weighted by Crippen LogP contribution is -2.37. The van der Waals surface area contributed by atoms with Gasteiger partial charge in [0, 0.05) is 11.1 Å². The first-order valence-electron chi connectivity index (χ1n) is 7.54. The Bertz CT molecular complexity index is 616. The minimum Gasteiger partial charge on any atom is -0.289 e. The van der Waals surface area contributed by atoms with Crippen molar-refractivity contribution >= 4 is 19.0 Å². The average Bonchev–Trinajstić information content (AvgIpc) is 2.46. The van der Waals surface area contributed by atoms with Gasteiger partial charge in [0.2, 0.25) is 0 Å². The topological polar surface area (TPSA) is 17.1 Å². The number of hydrogen-bond acceptors (Lipinski definition) is 1. The van der Waals surface area contributed by atoms with Crippen LogP contribution in [0.1, 0.15) is 41.3 Å². The molecule has 0 amide bonds. The van der Waals surface area contributed by atoms with Crippen molar-refractivity contribution in [1.82, 2.24) is 0 Å². The molecule has 0 spiro atoms. The van der Waals surface area contributed by atoms with Gasteiger partial charge in [-0.25, -0.2) is 0 Å². The summed E-state index contributed by atoms with van der Waals surface area (Å²) >= 11 is 0. The van der Waals surface area contributed by atoms with Gasteiger partial charge in [-0.15, -0.1) is 0 Å². The van der Waals surface area contributed by atoms with Gasteiger partial charge in [-0.1, -0.05) is 87.2 Å². The molecule has 2 heteroatoms. The van der Waals surface area contributed by atoms with E-state index in [2.05, 4.69) is 45.6 Å². The van der Waals surface area contributed by atoms with Crippen LogP contribution in [0, 0.1) is 0 Å². The summed E-state index contributed by atoms with van der Waals surface area (Å²) in [6, 6.07) is 16.1. The third-order valence-electron chi connectivity index (χ3n) is 3.85. The molecule has 0 bridgehead atoms. The molecule has 0 heterocycles. The first kappa shape index (κ1) is 15.7. The SMILES string of the molecule is CC(C)c1ccc(C(=O)c2ccc([Si](C)(C)C)cc2)cc1. The van der Waals surface area contributed by atoms with Crippen LogP contribution in [-0.4, -0.2) is 13.9 Å². The number of benzene rings is 2. The van der Waals surface area contributed by atoms with Crippen LogP contribution in [0.15, 0.2) is 48.5 Å². The van der Waals surface area contributed by atoms with E-state index in [0.717, 1.165) is 11.1 Å². The van der Waals surface area contributed by atoms with Crippen molar-refractivity contribution in [3.63, 3.8) is 0 Å². The van der Waals surface area contributed by atoms with Gasteiger partial charge in [-0.2, -0.15) is 0 Å². The van der Waals surface area contributed by atoms with E-state index in [-0.39, 0.29) is 5.78 Å². The van der Waals surface area contributed by atoms with Gasteiger partial charge < -0.3 is 0 Å². The molecule has 0 atom stereocenters.